The van der Waals surface area contributed by atoms with Gasteiger partial charge in [-0.1, -0.05) is 12.1 Å². The molecule has 25 heavy (non-hydrogen) atoms. The van der Waals surface area contributed by atoms with Gasteiger partial charge in [0.2, 0.25) is 10.0 Å². The summed E-state index contributed by atoms with van der Waals surface area (Å²) in [7, 11) is 0.323. The monoisotopic (exact) mass is 360 g/mol. The third-order valence-electron chi connectivity index (χ3n) is 3.96. The second-order valence-corrected chi connectivity index (χ2v) is 7.73. The summed E-state index contributed by atoms with van der Waals surface area (Å²) in [6, 6.07) is 10.7. The second kappa shape index (κ2) is 5.98. The highest BCUT2D eigenvalue weighted by molar-refractivity contribution is 7.89. The Kier molecular flexibility index (Phi) is 4.09. The molecule has 2 amide bonds. The Balaban J connectivity index is 2.15. The third-order valence-corrected chi connectivity index (χ3v) is 5.79. The van der Waals surface area contributed by atoms with Crippen molar-refractivity contribution in [2.24, 2.45) is 0 Å². The first kappa shape index (κ1) is 17.1. The van der Waals surface area contributed by atoms with Crippen LogP contribution in [0.4, 0.5) is 5.69 Å². The Morgan fingerprint density at radius 1 is 0.960 bits per heavy atom. The number of hydrogen-bond donors (Lipinski definition) is 0. The van der Waals surface area contributed by atoms with Gasteiger partial charge in [0.25, 0.3) is 11.8 Å². The van der Waals surface area contributed by atoms with Crippen molar-refractivity contribution in [2.75, 3.05) is 26.1 Å². The number of sulfonamides is 1. The first-order valence-corrected chi connectivity index (χ1v) is 8.81. The Hall–Kier alpha value is -2.71. The molecule has 7 nitrogen and oxygen atoms in total. The van der Waals surface area contributed by atoms with E-state index in [1.165, 1.54) is 39.4 Å². The molecule has 0 saturated carbocycles. The lowest BCUT2D eigenvalue weighted by Gasteiger charge is -2.19. The number of benzene rings is 2. The van der Waals surface area contributed by atoms with Crippen LogP contribution in [-0.4, -0.2) is 45.7 Å². The molecule has 1 aliphatic heterocycles. The van der Waals surface area contributed by atoms with E-state index in [4.69, 9.17) is 4.74 Å². The molecule has 1 aliphatic rings. The van der Waals surface area contributed by atoms with Gasteiger partial charge in [-0.25, -0.2) is 17.6 Å². The Morgan fingerprint density at radius 3 is 2.00 bits per heavy atom. The molecule has 0 atom stereocenters. The van der Waals surface area contributed by atoms with E-state index in [1.807, 2.05) is 0 Å². The predicted octanol–water partition coefficient (Wildman–Crippen LogP) is 1.75. The summed E-state index contributed by atoms with van der Waals surface area (Å²) < 4.78 is 31.2. The third kappa shape index (κ3) is 2.59. The molecule has 130 valence electrons. The number of imide groups is 1. The average Bonchev–Trinajstić information content (AvgIpc) is 2.85. The van der Waals surface area contributed by atoms with Gasteiger partial charge < -0.3 is 4.74 Å². The molecule has 8 heteroatoms. The minimum absolute atomic E-state index is 0.117. The highest BCUT2D eigenvalue weighted by Gasteiger charge is 2.37. The smallest absolute Gasteiger partial charge is 0.266 e. The van der Waals surface area contributed by atoms with Crippen molar-refractivity contribution in [3.63, 3.8) is 0 Å². The van der Waals surface area contributed by atoms with Crippen LogP contribution in [0.25, 0.3) is 0 Å². The minimum Gasteiger partial charge on any atom is -0.495 e. The summed E-state index contributed by atoms with van der Waals surface area (Å²) in [5.41, 5.74) is 0.757. The molecule has 2 aromatic carbocycles. The highest BCUT2D eigenvalue weighted by atomic mass is 32.2. The SMILES string of the molecule is COc1ccc(N2C(=O)c3ccccc3C2=O)cc1S(=O)(=O)N(C)C. The number of nitrogens with zero attached hydrogens (tertiary/aromatic N) is 2. The van der Waals surface area contributed by atoms with Gasteiger partial charge in [-0.2, -0.15) is 0 Å². The van der Waals surface area contributed by atoms with Crippen LogP contribution < -0.4 is 9.64 Å². The van der Waals surface area contributed by atoms with E-state index < -0.39 is 21.8 Å². The van der Waals surface area contributed by atoms with E-state index in [0.29, 0.717) is 11.1 Å². The highest BCUT2D eigenvalue weighted by Crippen LogP contribution is 2.34. The molecule has 0 saturated heterocycles. The number of carbonyl (C=O) groups excluding carboxylic acids is 2. The topological polar surface area (TPSA) is 84.0 Å². The van der Waals surface area contributed by atoms with Crippen LogP contribution >= 0.6 is 0 Å². The van der Waals surface area contributed by atoms with Gasteiger partial charge in [-0.15, -0.1) is 0 Å². The van der Waals surface area contributed by atoms with E-state index in [1.54, 1.807) is 24.3 Å². The summed E-state index contributed by atoms with van der Waals surface area (Å²) in [5.74, 6) is -0.841. The lowest BCUT2D eigenvalue weighted by molar-refractivity contribution is 0.0926. The van der Waals surface area contributed by atoms with E-state index in [-0.39, 0.29) is 16.3 Å². The van der Waals surface area contributed by atoms with Crippen molar-refractivity contribution >= 4 is 27.5 Å². The molecular formula is C17H16N2O5S. The van der Waals surface area contributed by atoms with Gasteiger partial charge in [0.05, 0.1) is 23.9 Å². The molecular weight excluding hydrogens is 344 g/mol. The molecule has 3 rings (SSSR count). The van der Waals surface area contributed by atoms with Gasteiger partial charge in [-0.3, -0.25) is 9.59 Å². The molecule has 0 N–H and O–H groups in total. The summed E-state index contributed by atoms with van der Waals surface area (Å²) in [6.45, 7) is 0. The summed E-state index contributed by atoms with van der Waals surface area (Å²) in [4.78, 5) is 26.0. The van der Waals surface area contributed by atoms with Gasteiger partial charge in [0.1, 0.15) is 10.6 Å². The van der Waals surface area contributed by atoms with Gasteiger partial charge in [0.15, 0.2) is 0 Å². The first-order chi connectivity index (χ1) is 11.8. The van der Waals surface area contributed by atoms with Crippen LogP contribution in [0.2, 0.25) is 0 Å². The van der Waals surface area contributed by atoms with Crippen LogP contribution in [0.3, 0.4) is 0 Å². The van der Waals surface area contributed by atoms with Crippen molar-refractivity contribution in [3.05, 3.63) is 53.6 Å². The van der Waals surface area contributed by atoms with Crippen molar-refractivity contribution in [1.29, 1.82) is 0 Å². The van der Waals surface area contributed by atoms with Crippen molar-refractivity contribution in [2.45, 2.75) is 4.90 Å². The van der Waals surface area contributed by atoms with Crippen LogP contribution in [-0.2, 0) is 10.0 Å². The maximum Gasteiger partial charge on any atom is 0.266 e. The molecule has 0 aromatic heterocycles. The Bertz CT molecular complexity index is 947. The van der Waals surface area contributed by atoms with Crippen LogP contribution in [0.5, 0.6) is 5.75 Å². The van der Waals surface area contributed by atoms with E-state index in [9.17, 15) is 18.0 Å². The fourth-order valence-electron chi connectivity index (χ4n) is 2.63. The molecule has 0 fully saturated rings. The maximum absolute atomic E-state index is 12.6. The largest absolute Gasteiger partial charge is 0.495 e. The Labute approximate surface area is 145 Å². The second-order valence-electron chi connectivity index (χ2n) is 5.61. The van der Waals surface area contributed by atoms with Gasteiger partial charge in [0, 0.05) is 14.1 Å². The van der Waals surface area contributed by atoms with Crippen molar-refractivity contribution in [3.8, 4) is 5.75 Å². The lowest BCUT2D eigenvalue weighted by Crippen LogP contribution is -2.30. The average molecular weight is 360 g/mol. The van der Waals surface area contributed by atoms with E-state index >= 15 is 0 Å². The first-order valence-electron chi connectivity index (χ1n) is 7.37. The number of rotatable bonds is 4. The summed E-state index contributed by atoms with van der Waals surface area (Å²) in [6.07, 6.45) is 0. The maximum atomic E-state index is 12.6. The summed E-state index contributed by atoms with van der Waals surface area (Å²) in [5, 5.41) is 0. The van der Waals surface area contributed by atoms with E-state index in [0.717, 1.165) is 9.21 Å². The quantitative estimate of drug-likeness (QED) is 0.776. The number of fused-ring (bicyclic) bond motifs is 1. The molecule has 0 radical (unpaired) electrons. The number of amides is 2. The van der Waals surface area contributed by atoms with Crippen LogP contribution in [0.15, 0.2) is 47.4 Å². The zero-order chi connectivity index (χ0) is 18.4. The number of ether oxygens (including phenoxy) is 1. The molecule has 0 spiro atoms. The summed E-state index contributed by atoms with van der Waals surface area (Å²) >= 11 is 0. The van der Waals surface area contributed by atoms with Crippen molar-refractivity contribution < 1.29 is 22.7 Å². The number of anilines is 1. The van der Waals surface area contributed by atoms with Gasteiger partial charge in [-0.05, 0) is 30.3 Å². The van der Waals surface area contributed by atoms with Gasteiger partial charge >= 0.3 is 0 Å². The van der Waals surface area contributed by atoms with E-state index in [2.05, 4.69) is 0 Å². The molecule has 0 unspecified atom stereocenters. The number of carbonyl (C=O) groups is 2. The number of methoxy groups -OCH3 is 1. The van der Waals surface area contributed by atoms with Crippen molar-refractivity contribution in [1.82, 2.24) is 4.31 Å². The van der Waals surface area contributed by atoms with Crippen LogP contribution in [0, 0.1) is 0 Å². The predicted molar refractivity (Wildman–Crippen MR) is 91.4 cm³/mol. The fraction of sp³-hybridized carbons (Fsp3) is 0.176. The standard InChI is InChI=1S/C17H16N2O5S/c1-18(2)25(22,23)15-10-11(8-9-14(15)24-3)19-16(20)12-6-4-5-7-13(12)17(19)21/h4-10H,1-3H3. The normalized spacial score (nSPS) is 14.2. The number of hydrogen-bond acceptors (Lipinski definition) is 5. The minimum atomic E-state index is -3.82. The Morgan fingerprint density at radius 2 is 1.52 bits per heavy atom. The molecule has 1 heterocycles. The van der Waals surface area contributed by atoms with Crippen LogP contribution in [0.1, 0.15) is 20.7 Å². The zero-order valence-corrected chi connectivity index (χ0v) is 14.7. The molecule has 0 aliphatic carbocycles. The molecule has 0 bridgehead atoms. The zero-order valence-electron chi connectivity index (χ0n) is 13.9. The fourth-order valence-corrected chi connectivity index (χ4v) is 3.70. The molecule has 2 aromatic rings. The lowest BCUT2D eigenvalue weighted by atomic mass is 10.1.